The highest BCUT2D eigenvalue weighted by Crippen LogP contribution is 2.35. The summed E-state index contributed by atoms with van der Waals surface area (Å²) < 4.78 is 45.9. The van der Waals surface area contributed by atoms with E-state index >= 15 is 0 Å². The Balaban J connectivity index is 1.87. The molecular formula is C26H23F3O3S. The lowest BCUT2D eigenvalue weighted by molar-refractivity contribution is -0.139. The van der Waals surface area contributed by atoms with Gasteiger partial charge in [0.05, 0.1) is 0 Å². The van der Waals surface area contributed by atoms with E-state index < -0.39 is 25.2 Å². The number of aliphatic carboxylic acids is 1. The van der Waals surface area contributed by atoms with Crippen molar-refractivity contribution in [3.05, 3.63) is 101 Å². The third-order valence-corrected chi connectivity index (χ3v) is 5.99. The van der Waals surface area contributed by atoms with E-state index in [1.54, 1.807) is 30.3 Å². The van der Waals surface area contributed by atoms with Gasteiger partial charge in [0.1, 0.15) is 5.75 Å². The summed E-state index contributed by atoms with van der Waals surface area (Å²) >= 11 is 1.53. The van der Waals surface area contributed by atoms with Gasteiger partial charge in [-0.3, -0.25) is 0 Å². The number of alkyl halides is 3. The van der Waals surface area contributed by atoms with Crippen LogP contribution >= 0.6 is 11.8 Å². The first-order valence-electron chi connectivity index (χ1n) is 10.2. The average molecular weight is 473 g/mol. The first-order chi connectivity index (χ1) is 15.9. The molecule has 0 saturated heterocycles. The van der Waals surface area contributed by atoms with E-state index in [-0.39, 0.29) is 5.56 Å². The Morgan fingerprint density at radius 2 is 1.73 bits per heavy atom. The molecule has 3 aromatic rings. The van der Waals surface area contributed by atoms with Gasteiger partial charge in [0.2, 0.25) is 0 Å². The summed E-state index contributed by atoms with van der Waals surface area (Å²) in [5, 5.41) is 8.74. The predicted molar refractivity (Wildman–Crippen MR) is 125 cm³/mol. The van der Waals surface area contributed by atoms with Crippen molar-refractivity contribution in [1.29, 1.82) is 0 Å². The molecule has 0 spiro atoms. The zero-order chi connectivity index (χ0) is 23.8. The summed E-state index contributed by atoms with van der Waals surface area (Å²) in [6.45, 7) is 1.48. The Bertz CT molecular complexity index is 1120. The third kappa shape index (κ3) is 6.65. The van der Waals surface area contributed by atoms with Crippen LogP contribution in [-0.2, 0) is 4.79 Å². The zero-order valence-electron chi connectivity index (χ0n) is 17.9. The summed E-state index contributed by atoms with van der Waals surface area (Å²) in [7, 11) is 0. The molecule has 0 aliphatic heterocycles. The molecule has 0 saturated carbocycles. The van der Waals surface area contributed by atoms with Crippen LogP contribution in [0.3, 0.4) is 0 Å². The maximum atomic E-state index is 14.4. The summed E-state index contributed by atoms with van der Waals surface area (Å²) in [5.74, 6) is -0.0672. The van der Waals surface area contributed by atoms with Crippen LogP contribution in [0.4, 0.5) is 13.2 Å². The van der Waals surface area contributed by atoms with Crippen LogP contribution in [-0.4, -0.2) is 29.9 Å². The highest BCUT2D eigenvalue weighted by Gasteiger charge is 2.25. The fraction of sp³-hybridized carbons (Fsp3) is 0.192. The summed E-state index contributed by atoms with van der Waals surface area (Å²) in [4.78, 5) is 11.6. The molecule has 7 heteroatoms. The smallest absolute Gasteiger partial charge is 0.341 e. The van der Waals surface area contributed by atoms with E-state index in [4.69, 9.17) is 9.84 Å². The molecule has 0 aliphatic carbocycles. The lowest BCUT2D eigenvalue weighted by Gasteiger charge is -2.16. The number of benzene rings is 3. The van der Waals surface area contributed by atoms with Crippen molar-refractivity contribution in [3.63, 3.8) is 0 Å². The number of halogens is 3. The number of hydrogen-bond acceptors (Lipinski definition) is 3. The molecule has 0 aliphatic rings. The third-order valence-electron chi connectivity index (χ3n) is 4.89. The molecule has 3 rings (SSSR count). The van der Waals surface area contributed by atoms with Gasteiger partial charge in [0.15, 0.2) is 12.8 Å². The monoisotopic (exact) mass is 472 g/mol. The highest BCUT2D eigenvalue weighted by atomic mass is 32.2. The normalized spacial score (nSPS) is 12.6. The molecule has 0 aromatic heterocycles. The molecule has 0 heterocycles. The van der Waals surface area contributed by atoms with Crippen molar-refractivity contribution in [2.75, 3.05) is 12.4 Å². The minimum absolute atomic E-state index is 0.0382. The molecular weight excluding hydrogens is 449 g/mol. The number of hydrogen-bond donors (Lipinski definition) is 1. The molecule has 1 N–H and O–H groups in total. The van der Waals surface area contributed by atoms with Gasteiger partial charge in [0.25, 0.3) is 6.43 Å². The Morgan fingerprint density at radius 3 is 2.39 bits per heavy atom. The molecule has 33 heavy (non-hydrogen) atoms. The zero-order valence-corrected chi connectivity index (χ0v) is 18.7. The lowest BCUT2D eigenvalue weighted by Crippen LogP contribution is -2.09. The van der Waals surface area contributed by atoms with Gasteiger partial charge in [-0.15, -0.1) is 11.8 Å². The van der Waals surface area contributed by atoms with Crippen molar-refractivity contribution in [3.8, 4) is 5.75 Å². The number of carboxylic acids is 1. The van der Waals surface area contributed by atoms with Crippen LogP contribution in [0.25, 0.3) is 5.57 Å². The molecule has 3 aromatic carbocycles. The molecule has 0 amide bonds. The van der Waals surface area contributed by atoms with Crippen LogP contribution in [0.1, 0.15) is 28.4 Å². The van der Waals surface area contributed by atoms with Gasteiger partial charge >= 0.3 is 5.97 Å². The number of rotatable bonds is 10. The van der Waals surface area contributed by atoms with E-state index in [1.807, 2.05) is 49.4 Å². The van der Waals surface area contributed by atoms with E-state index in [1.165, 1.54) is 17.8 Å². The van der Waals surface area contributed by atoms with Gasteiger partial charge in [-0.1, -0.05) is 60.7 Å². The fourth-order valence-electron chi connectivity index (χ4n) is 3.35. The van der Waals surface area contributed by atoms with Crippen LogP contribution in [0.5, 0.6) is 5.75 Å². The summed E-state index contributed by atoms with van der Waals surface area (Å²) in [5.41, 5.74) is 2.80. The van der Waals surface area contributed by atoms with Gasteiger partial charge in [0, 0.05) is 10.6 Å². The van der Waals surface area contributed by atoms with Crippen LogP contribution in [0.15, 0.2) is 83.8 Å². The number of aryl methyl sites for hydroxylation is 1. The van der Waals surface area contributed by atoms with Crippen molar-refractivity contribution in [1.82, 2.24) is 0 Å². The van der Waals surface area contributed by atoms with Crippen molar-refractivity contribution in [2.24, 2.45) is 0 Å². The second-order valence-electron chi connectivity index (χ2n) is 7.23. The molecule has 0 bridgehead atoms. The SMILES string of the molecule is Cc1cc(OCC(=O)O)ccc1SCC=C(c1ccccc1)c1ccccc1C(F)C(F)F. The molecule has 0 fully saturated rings. The standard InChI is InChI=1S/C26H23F3O3S/c1-17-15-19(32-16-24(30)31)11-12-23(17)33-14-13-20(18-7-3-2-4-8-18)21-9-5-6-10-22(21)25(27)26(28)29/h2-13,15,25-26H,14,16H2,1H3,(H,30,31). The number of ether oxygens (including phenoxy) is 1. The Kier molecular flexibility index (Phi) is 8.60. The van der Waals surface area contributed by atoms with Gasteiger partial charge in [-0.05, 0) is 52.9 Å². The minimum atomic E-state index is -3.11. The summed E-state index contributed by atoms with van der Waals surface area (Å²) in [6, 6.07) is 20.9. The van der Waals surface area contributed by atoms with E-state index in [0.29, 0.717) is 22.6 Å². The van der Waals surface area contributed by atoms with Crippen molar-refractivity contribution in [2.45, 2.75) is 24.4 Å². The number of carbonyl (C=O) groups is 1. The van der Waals surface area contributed by atoms with Crippen molar-refractivity contribution >= 4 is 23.3 Å². The second-order valence-corrected chi connectivity index (χ2v) is 8.29. The van der Waals surface area contributed by atoms with Gasteiger partial charge < -0.3 is 9.84 Å². The predicted octanol–water partition coefficient (Wildman–Crippen LogP) is 6.96. The molecule has 3 nitrogen and oxygen atoms in total. The van der Waals surface area contributed by atoms with Crippen LogP contribution in [0, 0.1) is 6.92 Å². The lowest BCUT2D eigenvalue weighted by atomic mass is 9.92. The molecule has 1 atom stereocenters. The highest BCUT2D eigenvalue weighted by molar-refractivity contribution is 7.99. The van der Waals surface area contributed by atoms with Crippen LogP contribution in [0.2, 0.25) is 0 Å². The van der Waals surface area contributed by atoms with Crippen LogP contribution < -0.4 is 4.74 Å². The number of thioether (sulfide) groups is 1. The molecule has 1 unspecified atom stereocenters. The molecule has 0 radical (unpaired) electrons. The first-order valence-corrected chi connectivity index (χ1v) is 11.2. The van der Waals surface area contributed by atoms with E-state index in [9.17, 15) is 18.0 Å². The fourth-order valence-corrected chi connectivity index (χ4v) is 4.23. The maximum Gasteiger partial charge on any atom is 0.341 e. The first kappa shape index (κ1) is 24.5. The Morgan fingerprint density at radius 1 is 1.03 bits per heavy atom. The number of carboxylic acid groups (broad SMARTS) is 1. The molecule has 172 valence electrons. The quantitative estimate of drug-likeness (QED) is 0.324. The maximum absolute atomic E-state index is 14.4. The van der Waals surface area contributed by atoms with E-state index in [2.05, 4.69) is 0 Å². The van der Waals surface area contributed by atoms with E-state index in [0.717, 1.165) is 16.0 Å². The van der Waals surface area contributed by atoms with Gasteiger partial charge in [-0.2, -0.15) is 0 Å². The summed E-state index contributed by atoms with van der Waals surface area (Å²) in [6.07, 6.45) is -3.57. The average Bonchev–Trinajstić information content (AvgIpc) is 2.81. The van der Waals surface area contributed by atoms with Crippen molar-refractivity contribution < 1.29 is 27.8 Å². The largest absolute Gasteiger partial charge is 0.482 e. The second kappa shape index (κ2) is 11.6. The minimum Gasteiger partial charge on any atom is -0.482 e. The Labute approximate surface area is 194 Å². The Hall–Kier alpha value is -3.19. The van der Waals surface area contributed by atoms with Gasteiger partial charge in [-0.25, -0.2) is 18.0 Å². The topological polar surface area (TPSA) is 46.5 Å².